The average molecular weight is 239 g/mol. The van der Waals surface area contributed by atoms with E-state index in [-0.39, 0.29) is 5.02 Å². The highest BCUT2D eigenvalue weighted by atomic mass is 79.9. The van der Waals surface area contributed by atoms with Crippen LogP contribution in [0.15, 0.2) is 16.6 Å². The molecular formula is C6H5BrClFN2. The predicted octanol–water partition coefficient (Wildman–Crippen LogP) is 2.53. The van der Waals surface area contributed by atoms with Crippen LogP contribution >= 0.6 is 27.5 Å². The molecule has 0 aliphatic rings. The summed E-state index contributed by atoms with van der Waals surface area (Å²) in [4.78, 5) is 0. The molecule has 2 nitrogen and oxygen atoms in total. The van der Waals surface area contributed by atoms with Crippen molar-refractivity contribution >= 4 is 33.2 Å². The van der Waals surface area contributed by atoms with Gasteiger partial charge in [-0.2, -0.15) is 0 Å². The van der Waals surface area contributed by atoms with Crippen LogP contribution in [0.1, 0.15) is 0 Å². The Balaban J connectivity index is 3.21. The number of halogens is 3. The number of nitrogens with one attached hydrogen (secondary N) is 1. The second-order valence-corrected chi connectivity index (χ2v) is 3.15. The molecule has 60 valence electrons. The van der Waals surface area contributed by atoms with Crippen LogP contribution in [0.25, 0.3) is 0 Å². The second-order valence-electron chi connectivity index (χ2n) is 1.89. The molecule has 0 fully saturated rings. The summed E-state index contributed by atoms with van der Waals surface area (Å²) in [6.07, 6.45) is 0. The van der Waals surface area contributed by atoms with Crippen molar-refractivity contribution in [1.82, 2.24) is 0 Å². The zero-order valence-corrected chi connectivity index (χ0v) is 7.71. The minimum atomic E-state index is -0.474. The van der Waals surface area contributed by atoms with Crippen molar-refractivity contribution < 1.29 is 4.39 Å². The molecule has 1 aromatic rings. The largest absolute Gasteiger partial charge is 0.323 e. The van der Waals surface area contributed by atoms with Crippen LogP contribution in [-0.4, -0.2) is 0 Å². The Hall–Kier alpha value is -0.320. The minimum Gasteiger partial charge on any atom is -0.323 e. The summed E-state index contributed by atoms with van der Waals surface area (Å²) in [5.41, 5.74) is 2.92. The Kier molecular flexibility index (Phi) is 2.70. The van der Waals surface area contributed by atoms with Gasteiger partial charge in [-0.25, -0.2) is 4.39 Å². The minimum absolute atomic E-state index is 0.0427. The fourth-order valence-corrected chi connectivity index (χ4v) is 1.23. The van der Waals surface area contributed by atoms with E-state index in [4.69, 9.17) is 17.4 Å². The lowest BCUT2D eigenvalue weighted by atomic mass is 10.3. The van der Waals surface area contributed by atoms with Crippen LogP contribution in [0.2, 0.25) is 5.02 Å². The molecule has 0 spiro atoms. The topological polar surface area (TPSA) is 38.0 Å². The summed E-state index contributed by atoms with van der Waals surface area (Å²) in [5.74, 6) is 4.63. The second kappa shape index (κ2) is 3.38. The lowest BCUT2D eigenvalue weighted by molar-refractivity contribution is 0.627. The van der Waals surface area contributed by atoms with Gasteiger partial charge >= 0.3 is 0 Å². The molecular weight excluding hydrogens is 234 g/mol. The molecule has 0 unspecified atom stereocenters. The summed E-state index contributed by atoms with van der Waals surface area (Å²) in [6.45, 7) is 0. The first kappa shape index (κ1) is 8.77. The Labute approximate surface area is 76.6 Å². The van der Waals surface area contributed by atoms with Gasteiger partial charge in [0.15, 0.2) is 0 Å². The average Bonchev–Trinajstić information content (AvgIpc) is 1.97. The summed E-state index contributed by atoms with van der Waals surface area (Å²) in [7, 11) is 0. The SMILES string of the molecule is NNc1cc(Cl)c(F)cc1Br. The van der Waals surface area contributed by atoms with Crippen molar-refractivity contribution in [3.8, 4) is 0 Å². The fourth-order valence-electron chi connectivity index (χ4n) is 0.633. The highest BCUT2D eigenvalue weighted by molar-refractivity contribution is 9.10. The van der Waals surface area contributed by atoms with Crippen LogP contribution in [0.4, 0.5) is 10.1 Å². The number of hydrogen-bond donors (Lipinski definition) is 2. The highest BCUT2D eigenvalue weighted by Crippen LogP contribution is 2.27. The molecule has 0 radical (unpaired) electrons. The molecule has 0 heterocycles. The normalized spacial score (nSPS) is 9.82. The molecule has 0 aliphatic heterocycles. The number of rotatable bonds is 1. The molecule has 0 atom stereocenters. The van der Waals surface area contributed by atoms with Gasteiger partial charge in [-0.3, -0.25) is 5.84 Å². The van der Waals surface area contributed by atoms with Crippen molar-refractivity contribution in [2.24, 2.45) is 5.84 Å². The Morgan fingerprint density at radius 3 is 2.73 bits per heavy atom. The third-order valence-electron chi connectivity index (χ3n) is 1.17. The molecule has 5 heteroatoms. The summed E-state index contributed by atoms with van der Waals surface area (Å²) in [6, 6.07) is 2.65. The Morgan fingerprint density at radius 1 is 1.55 bits per heavy atom. The van der Waals surface area contributed by atoms with Gasteiger partial charge in [-0.1, -0.05) is 11.6 Å². The van der Waals surface area contributed by atoms with Crippen molar-refractivity contribution in [3.05, 3.63) is 27.4 Å². The van der Waals surface area contributed by atoms with Crippen LogP contribution in [0, 0.1) is 5.82 Å². The molecule has 3 N–H and O–H groups in total. The number of nitrogens with two attached hydrogens (primary N) is 1. The molecule has 0 saturated carbocycles. The molecule has 0 amide bonds. The maximum Gasteiger partial charge on any atom is 0.143 e. The molecule has 0 aliphatic carbocycles. The fraction of sp³-hybridized carbons (Fsp3) is 0. The molecule has 1 aromatic carbocycles. The summed E-state index contributed by atoms with van der Waals surface area (Å²) in [5, 5.41) is 0.0427. The van der Waals surface area contributed by atoms with E-state index >= 15 is 0 Å². The van der Waals surface area contributed by atoms with Crippen molar-refractivity contribution in [1.29, 1.82) is 0 Å². The van der Waals surface area contributed by atoms with Crippen molar-refractivity contribution in [2.45, 2.75) is 0 Å². The molecule has 11 heavy (non-hydrogen) atoms. The standard InChI is InChI=1S/C6H5BrClFN2/c7-3-1-5(9)4(8)2-6(3)11-10/h1-2,11H,10H2. The van der Waals surface area contributed by atoms with E-state index in [0.29, 0.717) is 10.2 Å². The van der Waals surface area contributed by atoms with E-state index in [1.165, 1.54) is 12.1 Å². The van der Waals surface area contributed by atoms with Gasteiger partial charge in [0, 0.05) is 4.47 Å². The Bertz CT molecular complexity index is 280. The monoisotopic (exact) mass is 238 g/mol. The van der Waals surface area contributed by atoms with Crippen molar-refractivity contribution in [3.63, 3.8) is 0 Å². The maximum atomic E-state index is 12.7. The van der Waals surface area contributed by atoms with Gasteiger partial charge in [-0.15, -0.1) is 0 Å². The first-order chi connectivity index (χ1) is 5.15. The third kappa shape index (κ3) is 1.83. The van der Waals surface area contributed by atoms with Gasteiger partial charge in [-0.05, 0) is 28.1 Å². The van der Waals surface area contributed by atoms with Gasteiger partial charge in [0.2, 0.25) is 0 Å². The lowest BCUT2D eigenvalue weighted by Crippen LogP contribution is -2.07. The summed E-state index contributed by atoms with van der Waals surface area (Å²) >= 11 is 8.57. The van der Waals surface area contributed by atoms with Gasteiger partial charge in [0.05, 0.1) is 10.7 Å². The smallest absolute Gasteiger partial charge is 0.143 e. The third-order valence-corrected chi connectivity index (χ3v) is 2.11. The van der Waals surface area contributed by atoms with Crippen LogP contribution in [-0.2, 0) is 0 Å². The number of hydrogen-bond acceptors (Lipinski definition) is 2. The van der Waals surface area contributed by atoms with E-state index in [9.17, 15) is 4.39 Å². The quantitative estimate of drug-likeness (QED) is 0.449. The Morgan fingerprint density at radius 2 is 2.18 bits per heavy atom. The molecule has 1 rings (SSSR count). The van der Waals surface area contributed by atoms with E-state index < -0.39 is 5.82 Å². The van der Waals surface area contributed by atoms with Gasteiger partial charge in [0.1, 0.15) is 5.82 Å². The van der Waals surface area contributed by atoms with Gasteiger partial charge in [0.25, 0.3) is 0 Å². The van der Waals surface area contributed by atoms with E-state index in [1.54, 1.807) is 0 Å². The number of hydrazine groups is 1. The van der Waals surface area contributed by atoms with Crippen LogP contribution in [0.5, 0.6) is 0 Å². The first-order valence-electron chi connectivity index (χ1n) is 2.76. The highest BCUT2D eigenvalue weighted by Gasteiger charge is 2.04. The first-order valence-corrected chi connectivity index (χ1v) is 3.93. The zero-order chi connectivity index (χ0) is 8.43. The van der Waals surface area contributed by atoms with Crippen LogP contribution < -0.4 is 11.3 Å². The number of anilines is 1. The van der Waals surface area contributed by atoms with Crippen LogP contribution in [0.3, 0.4) is 0 Å². The predicted molar refractivity (Wildman–Crippen MR) is 46.9 cm³/mol. The van der Waals surface area contributed by atoms with Gasteiger partial charge < -0.3 is 5.43 Å². The van der Waals surface area contributed by atoms with E-state index in [1.807, 2.05) is 0 Å². The summed E-state index contributed by atoms with van der Waals surface area (Å²) < 4.78 is 13.2. The maximum absolute atomic E-state index is 12.7. The molecule has 0 aromatic heterocycles. The van der Waals surface area contributed by atoms with Crippen molar-refractivity contribution in [2.75, 3.05) is 5.43 Å². The number of benzene rings is 1. The zero-order valence-electron chi connectivity index (χ0n) is 5.37. The van der Waals surface area contributed by atoms with E-state index in [2.05, 4.69) is 21.4 Å². The molecule has 0 saturated heterocycles. The number of nitrogen functional groups attached to an aromatic ring is 1. The van der Waals surface area contributed by atoms with E-state index in [0.717, 1.165) is 0 Å². The molecule has 0 bridgehead atoms. The lowest BCUT2D eigenvalue weighted by Gasteiger charge is -2.03.